The zero-order chi connectivity index (χ0) is 15.0. The van der Waals surface area contributed by atoms with Crippen LogP contribution in [0.15, 0.2) is 54.9 Å². The van der Waals surface area contributed by atoms with Gasteiger partial charge in [-0.05, 0) is 43.0 Å². The third kappa shape index (κ3) is 4.65. The van der Waals surface area contributed by atoms with Gasteiger partial charge < -0.3 is 9.64 Å². The minimum Gasteiger partial charge on any atom is -0.372 e. The van der Waals surface area contributed by atoms with Gasteiger partial charge in [-0.25, -0.2) is 0 Å². The maximum atomic E-state index is 6.07. The van der Waals surface area contributed by atoms with Gasteiger partial charge in [-0.3, -0.25) is 4.98 Å². The molecule has 1 unspecified atom stereocenters. The lowest BCUT2D eigenvalue weighted by Gasteiger charge is -2.32. The largest absolute Gasteiger partial charge is 0.372 e. The topological polar surface area (TPSA) is 25.4 Å². The smallest absolute Gasteiger partial charge is 0.0736 e. The standard InChI is InChI=1S/C19H24N2O/c1-2-6-17(7-3-1)10-13-21-12-5-9-19(15-21)22-16-18-8-4-11-20-14-18/h1-4,6-8,11,14,19H,5,9-10,12-13,15-16H2. The van der Waals surface area contributed by atoms with Gasteiger partial charge in [0, 0.05) is 25.5 Å². The Morgan fingerprint density at radius 1 is 1.09 bits per heavy atom. The Bertz CT molecular complexity index is 494. The Kier molecular flexibility index (Phi) is 5.57. The Labute approximate surface area is 132 Å². The van der Waals surface area contributed by atoms with Gasteiger partial charge in [-0.1, -0.05) is 36.4 Å². The number of aromatic nitrogens is 1. The van der Waals surface area contributed by atoms with E-state index in [1.165, 1.54) is 24.9 Å². The van der Waals surface area contributed by atoms with Crippen LogP contribution in [-0.2, 0) is 17.8 Å². The molecule has 0 radical (unpaired) electrons. The molecule has 22 heavy (non-hydrogen) atoms. The van der Waals surface area contributed by atoms with Crippen LogP contribution >= 0.6 is 0 Å². The Balaban J connectivity index is 1.43. The molecule has 0 spiro atoms. The van der Waals surface area contributed by atoms with Crippen LogP contribution in [-0.4, -0.2) is 35.6 Å². The second-order valence-corrected chi connectivity index (χ2v) is 5.97. The fraction of sp³-hybridized carbons (Fsp3) is 0.421. The van der Waals surface area contributed by atoms with Crippen LogP contribution < -0.4 is 0 Å². The molecule has 0 amide bonds. The lowest BCUT2D eigenvalue weighted by molar-refractivity contribution is -0.00972. The highest BCUT2D eigenvalue weighted by Crippen LogP contribution is 2.15. The van der Waals surface area contributed by atoms with E-state index in [0.717, 1.165) is 25.1 Å². The van der Waals surface area contributed by atoms with Crippen molar-refractivity contribution < 1.29 is 4.74 Å². The van der Waals surface area contributed by atoms with Gasteiger partial charge in [0.25, 0.3) is 0 Å². The fourth-order valence-corrected chi connectivity index (χ4v) is 2.98. The first kappa shape index (κ1) is 15.2. The minimum atomic E-state index is 0.352. The number of hydrogen-bond acceptors (Lipinski definition) is 3. The van der Waals surface area contributed by atoms with Gasteiger partial charge >= 0.3 is 0 Å². The predicted octanol–water partition coefficient (Wildman–Crippen LogP) is 3.31. The molecule has 0 bridgehead atoms. The molecule has 0 saturated carbocycles. The Hall–Kier alpha value is -1.71. The molecule has 3 heteroatoms. The van der Waals surface area contributed by atoms with E-state index >= 15 is 0 Å². The molecule has 3 nitrogen and oxygen atoms in total. The van der Waals surface area contributed by atoms with Crippen molar-refractivity contribution in [1.29, 1.82) is 0 Å². The first-order chi connectivity index (χ1) is 10.9. The molecule has 2 aromatic rings. The third-order valence-electron chi connectivity index (χ3n) is 4.23. The van der Waals surface area contributed by atoms with Crippen molar-refractivity contribution in [3.8, 4) is 0 Å². The van der Waals surface area contributed by atoms with Gasteiger partial charge in [0.05, 0.1) is 12.7 Å². The summed E-state index contributed by atoms with van der Waals surface area (Å²) in [7, 11) is 0. The highest BCUT2D eigenvalue weighted by atomic mass is 16.5. The first-order valence-electron chi connectivity index (χ1n) is 8.17. The minimum absolute atomic E-state index is 0.352. The number of ether oxygens (including phenoxy) is 1. The molecule has 0 aliphatic carbocycles. The van der Waals surface area contributed by atoms with Gasteiger partial charge in [0.15, 0.2) is 0 Å². The molecular formula is C19H24N2O. The lowest BCUT2D eigenvalue weighted by Crippen LogP contribution is -2.40. The predicted molar refractivity (Wildman–Crippen MR) is 88.6 cm³/mol. The lowest BCUT2D eigenvalue weighted by atomic mass is 10.1. The van der Waals surface area contributed by atoms with E-state index in [-0.39, 0.29) is 0 Å². The van der Waals surface area contributed by atoms with Crippen molar-refractivity contribution in [2.75, 3.05) is 19.6 Å². The summed E-state index contributed by atoms with van der Waals surface area (Å²) in [5.74, 6) is 0. The van der Waals surface area contributed by atoms with Crippen molar-refractivity contribution in [3.63, 3.8) is 0 Å². The van der Waals surface area contributed by atoms with Crippen LogP contribution in [0.5, 0.6) is 0 Å². The summed E-state index contributed by atoms with van der Waals surface area (Å²) in [5, 5.41) is 0. The van der Waals surface area contributed by atoms with E-state index in [1.807, 2.05) is 12.3 Å². The number of nitrogens with zero attached hydrogens (tertiary/aromatic N) is 2. The van der Waals surface area contributed by atoms with Crippen molar-refractivity contribution >= 4 is 0 Å². The molecule has 1 aromatic carbocycles. The van der Waals surface area contributed by atoms with Gasteiger partial charge in [0.2, 0.25) is 0 Å². The highest BCUT2D eigenvalue weighted by molar-refractivity contribution is 5.14. The van der Waals surface area contributed by atoms with E-state index in [0.29, 0.717) is 12.7 Å². The van der Waals surface area contributed by atoms with Crippen molar-refractivity contribution in [2.24, 2.45) is 0 Å². The number of likely N-dealkylation sites (tertiary alicyclic amines) is 1. The van der Waals surface area contributed by atoms with Gasteiger partial charge in [0.1, 0.15) is 0 Å². The van der Waals surface area contributed by atoms with E-state index < -0.39 is 0 Å². The molecule has 116 valence electrons. The van der Waals surface area contributed by atoms with E-state index in [2.05, 4.69) is 46.3 Å². The van der Waals surface area contributed by atoms with E-state index in [9.17, 15) is 0 Å². The summed E-state index contributed by atoms with van der Waals surface area (Å²) in [6, 6.07) is 14.8. The molecule has 1 aromatic heterocycles. The maximum Gasteiger partial charge on any atom is 0.0736 e. The zero-order valence-electron chi connectivity index (χ0n) is 13.0. The van der Waals surface area contributed by atoms with Crippen LogP contribution in [0.2, 0.25) is 0 Å². The average molecular weight is 296 g/mol. The average Bonchev–Trinajstić information content (AvgIpc) is 2.60. The zero-order valence-corrected chi connectivity index (χ0v) is 13.0. The van der Waals surface area contributed by atoms with Gasteiger partial charge in [-0.15, -0.1) is 0 Å². The molecule has 1 aliphatic rings. The Morgan fingerprint density at radius 2 is 1.95 bits per heavy atom. The van der Waals surface area contributed by atoms with Crippen LogP contribution in [0, 0.1) is 0 Å². The molecule has 1 aliphatic heterocycles. The molecule has 0 N–H and O–H groups in total. The van der Waals surface area contributed by atoms with Crippen molar-refractivity contribution in [3.05, 3.63) is 66.0 Å². The monoisotopic (exact) mass is 296 g/mol. The van der Waals surface area contributed by atoms with E-state index in [4.69, 9.17) is 4.74 Å². The van der Waals surface area contributed by atoms with Crippen LogP contribution in [0.4, 0.5) is 0 Å². The summed E-state index contributed by atoms with van der Waals surface area (Å²) in [4.78, 5) is 6.67. The van der Waals surface area contributed by atoms with Gasteiger partial charge in [-0.2, -0.15) is 0 Å². The SMILES string of the molecule is c1ccc(CCN2CCCC(OCc3cccnc3)C2)cc1. The van der Waals surface area contributed by atoms with Crippen molar-refractivity contribution in [1.82, 2.24) is 9.88 Å². The first-order valence-corrected chi connectivity index (χ1v) is 8.17. The number of rotatable bonds is 6. The number of pyridine rings is 1. The second-order valence-electron chi connectivity index (χ2n) is 5.97. The van der Waals surface area contributed by atoms with Crippen LogP contribution in [0.1, 0.15) is 24.0 Å². The van der Waals surface area contributed by atoms with Crippen LogP contribution in [0.25, 0.3) is 0 Å². The second kappa shape index (κ2) is 8.06. The molecule has 2 heterocycles. The number of benzene rings is 1. The number of hydrogen-bond donors (Lipinski definition) is 0. The quantitative estimate of drug-likeness (QED) is 0.818. The molecule has 1 fully saturated rings. The summed E-state index contributed by atoms with van der Waals surface area (Å²) < 4.78 is 6.07. The maximum absolute atomic E-state index is 6.07. The normalized spacial score (nSPS) is 19.2. The van der Waals surface area contributed by atoms with Crippen LogP contribution in [0.3, 0.4) is 0 Å². The summed E-state index contributed by atoms with van der Waals surface area (Å²) >= 11 is 0. The highest BCUT2D eigenvalue weighted by Gasteiger charge is 2.20. The summed E-state index contributed by atoms with van der Waals surface area (Å²) in [6.45, 7) is 4.04. The van der Waals surface area contributed by atoms with E-state index in [1.54, 1.807) is 6.20 Å². The summed E-state index contributed by atoms with van der Waals surface area (Å²) in [5.41, 5.74) is 2.57. The Morgan fingerprint density at radius 3 is 2.77 bits per heavy atom. The molecular weight excluding hydrogens is 272 g/mol. The fourth-order valence-electron chi connectivity index (χ4n) is 2.98. The molecule has 1 atom stereocenters. The van der Waals surface area contributed by atoms with Crippen molar-refractivity contribution in [2.45, 2.75) is 32.0 Å². The third-order valence-corrected chi connectivity index (χ3v) is 4.23. The molecule has 3 rings (SSSR count). The molecule has 1 saturated heterocycles. The summed E-state index contributed by atoms with van der Waals surface area (Å²) in [6.07, 6.45) is 7.56. The number of piperidine rings is 1.